The first-order valence-corrected chi connectivity index (χ1v) is 52.3. The highest BCUT2D eigenvalue weighted by molar-refractivity contribution is 8.55. The molecule has 0 unspecified atom stereocenters. The summed E-state index contributed by atoms with van der Waals surface area (Å²) >= 11 is 72.4. The average molecular weight is 1630 g/mol. The fourth-order valence-corrected chi connectivity index (χ4v) is 62.5. The van der Waals surface area contributed by atoms with Crippen molar-refractivity contribution in [1.29, 1.82) is 0 Å². The van der Waals surface area contributed by atoms with Crippen LogP contribution in [0, 0.1) is 0 Å². The zero-order valence-electron chi connectivity index (χ0n) is 36.5. The van der Waals surface area contributed by atoms with E-state index in [0.717, 1.165) is 20.3 Å². The minimum absolute atomic E-state index is 1.06. The van der Waals surface area contributed by atoms with Crippen molar-refractivity contribution in [3.8, 4) is 0 Å². The molecule has 0 spiro atoms. The third-order valence-corrected chi connectivity index (χ3v) is 62.3. The number of hydrogen-bond donors (Lipinski definition) is 0. The van der Waals surface area contributed by atoms with Gasteiger partial charge in [0.1, 0.15) is 0 Å². The average Bonchev–Trinajstić information content (AvgIpc) is 4.23. The fraction of sp³-hybridized carbons (Fsp3) is 0.211. The lowest BCUT2D eigenvalue weighted by molar-refractivity contribution is 2.15. The van der Waals surface area contributed by atoms with E-state index in [9.17, 15) is 0 Å². The Labute approximate surface area is 584 Å². The molecular weight excluding hydrogens is 1610 g/mol. The van der Waals surface area contributed by atoms with Crippen LogP contribution in [0.5, 0.6) is 0 Å². The van der Waals surface area contributed by atoms with Gasteiger partial charge in [-0.1, -0.05) is 282 Å². The van der Waals surface area contributed by atoms with Gasteiger partial charge in [0.25, 0.3) is 0 Å². The maximum atomic E-state index is 2.20. The molecule has 0 amide bonds. The number of thioether (sulfide) groups is 36. The molecule has 0 bridgehead atoms. The first-order chi connectivity index (χ1) is 36.3. The quantitative estimate of drug-likeness (QED) is 0.262. The molecule has 0 aliphatic carbocycles. The molecule has 0 atom stereocenters. The van der Waals surface area contributed by atoms with Crippen LogP contribution in [0.1, 0.15) is 0 Å². The van der Waals surface area contributed by atoms with Gasteiger partial charge in [0.05, 0.1) is 127 Å². The van der Waals surface area contributed by atoms with E-state index in [0.29, 0.717) is 0 Å². The van der Waals surface area contributed by atoms with E-state index in [-0.39, 0.29) is 0 Å². The van der Waals surface area contributed by atoms with Crippen LogP contribution < -0.4 is 0 Å². The molecule has 0 nitrogen and oxygen atoms in total. The van der Waals surface area contributed by atoms with Gasteiger partial charge in [-0.2, -0.15) is 0 Å². The molecule has 74 heavy (non-hydrogen) atoms. The zero-order valence-corrected chi connectivity index (χ0v) is 65.9. The molecule has 14 heterocycles. The third-order valence-electron chi connectivity index (χ3n) is 9.21. The van der Waals surface area contributed by atoms with E-state index in [4.69, 9.17) is 0 Å². The van der Waals surface area contributed by atoms with E-state index >= 15 is 0 Å². The number of hydrogen-bond acceptors (Lipinski definition) is 36. The normalized spacial score (nSPS) is 27.1. The highest BCUT2D eigenvalue weighted by Crippen LogP contribution is 2.78. The van der Waals surface area contributed by atoms with E-state index in [1.165, 1.54) is 127 Å². The largest absolute Gasteiger partial charge is 0.121 e. The van der Waals surface area contributed by atoms with Crippen molar-refractivity contribution in [2.24, 2.45) is 0 Å². The van der Waals surface area contributed by atoms with Crippen LogP contribution in [0.2, 0.25) is 0 Å². The predicted octanol–water partition coefficient (Wildman–Crippen LogP) is 28.8. The smallest absolute Gasteiger partial charge is 0.0718 e. The summed E-state index contributed by atoms with van der Waals surface area (Å²) in [4.78, 5) is 0. The van der Waals surface area contributed by atoms with E-state index in [1.54, 1.807) is 0 Å². The zero-order chi connectivity index (χ0) is 49.6. The van der Waals surface area contributed by atoms with Gasteiger partial charge in [-0.3, -0.25) is 0 Å². The lowest BCUT2D eigenvalue weighted by Gasteiger charge is -2.09. The molecule has 0 aromatic rings. The second-order valence-electron chi connectivity index (χ2n) is 13.5. The molecule has 388 valence electrons. The topological polar surface area (TPSA) is 0 Å². The van der Waals surface area contributed by atoms with Crippen LogP contribution in [0.4, 0.5) is 0 Å². The highest BCUT2D eigenvalue weighted by atomic mass is 32.3. The van der Waals surface area contributed by atoms with E-state index in [1.807, 2.05) is 329 Å². The van der Waals surface area contributed by atoms with Crippen LogP contribution in [0.25, 0.3) is 0 Å². The van der Waals surface area contributed by atoms with E-state index in [2.05, 4.69) is 119 Å². The molecule has 0 saturated heterocycles. The Morgan fingerprint density at radius 2 is 0.270 bits per heavy atom. The van der Waals surface area contributed by atoms with Crippen LogP contribution in [0.15, 0.2) is 127 Å². The summed E-state index contributed by atoms with van der Waals surface area (Å²) in [5.74, 6) is 0. The molecule has 0 N–H and O–H groups in total. The van der Waals surface area contributed by atoms with Gasteiger partial charge in [0.15, 0.2) is 0 Å². The van der Waals surface area contributed by atoms with Gasteiger partial charge >= 0.3 is 0 Å². The van der Waals surface area contributed by atoms with Crippen molar-refractivity contribution < 1.29 is 0 Å². The Balaban J connectivity index is 0.537. The highest BCUT2D eigenvalue weighted by Gasteiger charge is 2.42. The fourth-order valence-electron chi connectivity index (χ4n) is 6.15. The molecule has 36 heteroatoms. The molecule has 0 aromatic heterocycles. The maximum absolute atomic E-state index is 2.20. The Kier molecular flexibility index (Phi) is 22.5. The first kappa shape index (κ1) is 60.3. The Bertz CT molecular complexity index is 2720. The van der Waals surface area contributed by atoms with Crippen molar-refractivity contribution in [2.75, 3.05) is 45.4 Å². The Hall–Kier alpha value is 8.70. The third kappa shape index (κ3) is 13.2. The van der Waals surface area contributed by atoms with Crippen molar-refractivity contribution >= 4 is 423 Å². The van der Waals surface area contributed by atoms with Crippen molar-refractivity contribution in [3.05, 3.63) is 127 Å². The lowest BCUT2D eigenvalue weighted by Crippen LogP contribution is -1.80. The van der Waals surface area contributed by atoms with Crippen LogP contribution in [-0.4, -0.2) is 45.4 Å². The second-order valence-corrected chi connectivity index (χ2v) is 58.4. The monoisotopic (exact) mass is 1630 g/mol. The molecule has 14 aliphatic heterocycles. The molecule has 14 rings (SSSR count). The van der Waals surface area contributed by atoms with Crippen molar-refractivity contribution in [1.82, 2.24) is 0 Å². The standard InChI is InChI=1S/C38H20S36/c1-39-9-10(40-2)52-21(51-9)27-63-33-34(64-27)68-29(67-33)23-55-13-14(56-23)44-6-48-18-17(47-5-43-13)59-25(60-18)31-71-37-38(72-31)74-32(73-37)26-61-19-20(62-26)50-8-46-16-15(45-7-49-19)57-24(58-16)30-69-35-36(70-30)66-28(65-35)22-53-11(41-3)12(42-4)54-22/h5-8H2,1-4H3. The molecule has 0 aromatic carbocycles. The molecule has 0 radical (unpaired) electrons. The summed E-state index contributed by atoms with van der Waals surface area (Å²) in [6.45, 7) is 0. The minimum Gasteiger partial charge on any atom is -0.121 e. The molecular formula is C38H20S36. The summed E-state index contributed by atoms with van der Waals surface area (Å²) in [7, 11) is 0. The van der Waals surface area contributed by atoms with Gasteiger partial charge in [-0.05, 0) is 25.0 Å². The predicted molar refractivity (Wildman–Crippen MR) is 422 cm³/mol. The SMILES string of the molecule is CSC1=C(SC)SC(=C2SC3=C(S2)SC(=C2SC4=C(SCSC5=C(SCS4)SC(=C4SC6=C(S4)SC(=C4SC7=C(SCSC8=C(SCS7)SC(=C7SC9=C(SC(=C%10SC(SC)=C(SC)S%10)S9)S7)S8)S4)S6)S5)S2)S3)S1. The summed E-state index contributed by atoms with van der Waals surface area (Å²) in [6, 6.07) is 0. The summed E-state index contributed by atoms with van der Waals surface area (Å²) in [5, 5.41) is 4.24. The summed E-state index contributed by atoms with van der Waals surface area (Å²) in [5.41, 5.74) is 0. The minimum atomic E-state index is 1.06. The van der Waals surface area contributed by atoms with Gasteiger partial charge in [-0.25, -0.2) is 0 Å². The first-order valence-electron chi connectivity index (χ1n) is 19.9. The van der Waals surface area contributed by atoms with Crippen LogP contribution >= 0.6 is 423 Å². The summed E-state index contributed by atoms with van der Waals surface area (Å²) < 4.78 is 44.6. The lowest BCUT2D eigenvalue weighted by atomic mass is 11.2. The van der Waals surface area contributed by atoms with Crippen LogP contribution in [0.3, 0.4) is 0 Å². The molecule has 14 aliphatic rings. The van der Waals surface area contributed by atoms with E-state index < -0.39 is 0 Å². The molecule has 0 saturated carbocycles. The second kappa shape index (κ2) is 27.7. The van der Waals surface area contributed by atoms with Crippen LogP contribution in [-0.2, 0) is 0 Å². The Morgan fingerprint density at radius 1 is 0.162 bits per heavy atom. The maximum Gasteiger partial charge on any atom is 0.0718 e. The van der Waals surface area contributed by atoms with Crippen molar-refractivity contribution in [2.45, 2.75) is 0 Å². The van der Waals surface area contributed by atoms with Gasteiger partial charge in [-0.15, -0.1) is 141 Å². The van der Waals surface area contributed by atoms with Gasteiger partial charge in [0.2, 0.25) is 0 Å². The van der Waals surface area contributed by atoms with Gasteiger partial charge < -0.3 is 0 Å². The number of rotatable bonds is 4. The summed E-state index contributed by atoms with van der Waals surface area (Å²) in [6.07, 6.45) is 8.81. The van der Waals surface area contributed by atoms with Crippen molar-refractivity contribution in [3.63, 3.8) is 0 Å². The molecule has 0 fully saturated rings. The van der Waals surface area contributed by atoms with Gasteiger partial charge in [0, 0.05) is 20.3 Å². The Morgan fingerprint density at radius 3 is 0.392 bits per heavy atom.